The summed E-state index contributed by atoms with van der Waals surface area (Å²) in [5, 5.41) is 0. The smallest absolute Gasteiger partial charge is 0.0562 e. The highest BCUT2D eigenvalue weighted by molar-refractivity contribution is 7.12. The van der Waals surface area contributed by atoms with Crippen LogP contribution in [0.25, 0.3) is 0 Å². The zero-order chi connectivity index (χ0) is 13.0. The Balaban J connectivity index is 1.97. The van der Waals surface area contributed by atoms with E-state index in [0.29, 0.717) is 6.04 Å². The summed E-state index contributed by atoms with van der Waals surface area (Å²) < 4.78 is 0. The molecule has 1 aliphatic rings. The molecule has 1 saturated carbocycles. The van der Waals surface area contributed by atoms with Gasteiger partial charge in [0.1, 0.15) is 0 Å². The number of rotatable bonds is 6. The van der Waals surface area contributed by atoms with Gasteiger partial charge in [-0.05, 0) is 44.4 Å². The third kappa shape index (κ3) is 3.34. The van der Waals surface area contributed by atoms with Gasteiger partial charge in [0, 0.05) is 22.8 Å². The van der Waals surface area contributed by atoms with Gasteiger partial charge in [0.2, 0.25) is 0 Å². The highest BCUT2D eigenvalue weighted by atomic mass is 32.1. The largest absolute Gasteiger partial charge is 0.329 e. The predicted molar refractivity (Wildman–Crippen MR) is 80.1 cm³/mol. The molecule has 2 rings (SSSR count). The van der Waals surface area contributed by atoms with Crippen molar-refractivity contribution in [2.45, 2.75) is 45.1 Å². The van der Waals surface area contributed by atoms with E-state index in [1.54, 1.807) is 0 Å². The lowest BCUT2D eigenvalue weighted by Gasteiger charge is -2.28. The van der Waals surface area contributed by atoms with Gasteiger partial charge < -0.3 is 5.73 Å². The van der Waals surface area contributed by atoms with Crippen LogP contribution >= 0.6 is 11.3 Å². The van der Waals surface area contributed by atoms with E-state index in [2.05, 4.69) is 31.0 Å². The summed E-state index contributed by atoms with van der Waals surface area (Å²) in [5.74, 6) is 0.898. The van der Waals surface area contributed by atoms with Gasteiger partial charge in [0.15, 0.2) is 0 Å². The average molecular weight is 266 g/mol. The molecule has 1 unspecified atom stereocenters. The first-order valence-corrected chi connectivity index (χ1v) is 8.05. The van der Waals surface area contributed by atoms with E-state index in [1.165, 1.54) is 42.0 Å². The fraction of sp³-hybridized carbons (Fsp3) is 0.733. The quantitative estimate of drug-likeness (QED) is 0.854. The number of nitrogens with zero attached hydrogens (tertiary/aromatic N) is 1. The number of nitrogens with two attached hydrogens (primary N) is 1. The van der Waals surface area contributed by atoms with E-state index < -0.39 is 0 Å². The molecular weight excluding hydrogens is 240 g/mol. The van der Waals surface area contributed by atoms with Crippen molar-refractivity contribution in [2.24, 2.45) is 11.7 Å². The summed E-state index contributed by atoms with van der Waals surface area (Å²) in [5.41, 5.74) is 6.00. The van der Waals surface area contributed by atoms with Crippen LogP contribution in [0, 0.1) is 5.92 Å². The van der Waals surface area contributed by atoms with Crippen molar-refractivity contribution in [3.05, 3.63) is 21.9 Å². The highest BCUT2D eigenvalue weighted by Crippen LogP contribution is 2.30. The number of likely N-dealkylation sites (N-methyl/N-ethyl adjacent to an activating group) is 1. The molecule has 1 aromatic heterocycles. The second kappa shape index (κ2) is 6.69. The Labute approximate surface area is 115 Å². The number of aryl methyl sites for hydroxylation is 1. The highest BCUT2D eigenvalue weighted by Gasteiger charge is 2.22. The zero-order valence-electron chi connectivity index (χ0n) is 11.7. The number of hydrogen-bond donors (Lipinski definition) is 1. The molecule has 0 bridgehead atoms. The Morgan fingerprint density at radius 2 is 2.11 bits per heavy atom. The van der Waals surface area contributed by atoms with Crippen LogP contribution < -0.4 is 5.73 Å². The molecule has 0 saturated heterocycles. The van der Waals surface area contributed by atoms with Gasteiger partial charge in [-0.15, -0.1) is 11.3 Å². The molecule has 3 heteroatoms. The lowest BCUT2D eigenvalue weighted by Crippen LogP contribution is -2.33. The van der Waals surface area contributed by atoms with Crippen molar-refractivity contribution >= 4 is 11.3 Å². The molecule has 1 atom stereocenters. The lowest BCUT2D eigenvalue weighted by atomic mass is 10.1. The normalized spacial score (nSPS) is 18.7. The fourth-order valence-electron chi connectivity index (χ4n) is 3.00. The molecule has 1 aromatic rings. The zero-order valence-corrected chi connectivity index (χ0v) is 12.5. The Morgan fingerprint density at radius 1 is 1.39 bits per heavy atom. The first-order valence-electron chi connectivity index (χ1n) is 7.23. The molecule has 1 heterocycles. The Kier molecular flexibility index (Phi) is 5.22. The van der Waals surface area contributed by atoms with Gasteiger partial charge in [-0.25, -0.2) is 0 Å². The minimum absolute atomic E-state index is 0.413. The Bertz CT molecular complexity index is 355. The number of hydrogen-bond acceptors (Lipinski definition) is 3. The van der Waals surface area contributed by atoms with Crippen molar-refractivity contribution < 1.29 is 0 Å². The standard InChI is InChI=1S/C15H26N2S/c1-3-13-8-9-15(18-13)14(10-16)17(2)11-12-6-4-5-7-12/h8-9,12,14H,3-7,10-11,16H2,1-2H3. The van der Waals surface area contributed by atoms with Crippen LogP contribution in [0.15, 0.2) is 12.1 Å². The summed E-state index contributed by atoms with van der Waals surface area (Å²) in [6, 6.07) is 4.94. The van der Waals surface area contributed by atoms with Crippen LogP contribution in [0.4, 0.5) is 0 Å². The Morgan fingerprint density at radius 3 is 2.67 bits per heavy atom. The van der Waals surface area contributed by atoms with Crippen LogP contribution in [-0.2, 0) is 6.42 Å². The van der Waals surface area contributed by atoms with Crippen LogP contribution in [0.1, 0.15) is 48.4 Å². The molecule has 0 radical (unpaired) electrons. The molecule has 1 fully saturated rings. The number of thiophene rings is 1. The van der Waals surface area contributed by atoms with Crippen molar-refractivity contribution in [3.8, 4) is 0 Å². The molecule has 1 aliphatic carbocycles. The molecular formula is C15H26N2S. The summed E-state index contributed by atoms with van der Waals surface area (Å²) in [4.78, 5) is 5.38. The first kappa shape index (κ1) is 14.0. The molecule has 0 aromatic carbocycles. The molecule has 2 N–H and O–H groups in total. The summed E-state index contributed by atoms with van der Waals surface area (Å²) in [6.07, 6.45) is 6.79. The maximum Gasteiger partial charge on any atom is 0.0562 e. The molecule has 0 spiro atoms. The third-order valence-corrected chi connectivity index (χ3v) is 5.47. The van der Waals surface area contributed by atoms with Gasteiger partial charge in [-0.2, -0.15) is 0 Å². The van der Waals surface area contributed by atoms with Crippen LogP contribution in [0.5, 0.6) is 0 Å². The monoisotopic (exact) mass is 266 g/mol. The lowest BCUT2D eigenvalue weighted by molar-refractivity contribution is 0.215. The third-order valence-electron chi connectivity index (χ3n) is 4.14. The summed E-state index contributed by atoms with van der Waals surface area (Å²) in [6.45, 7) is 4.16. The predicted octanol–water partition coefficient (Wildman–Crippen LogP) is 3.43. The van der Waals surface area contributed by atoms with Crippen molar-refractivity contribution in [1.29, 1.82) is 0 Å². The van der Waals surface area contributed by atoms with Gasteiger partial charge in [-0.1, -0.05) is 19.8 Å². The fourth-order valence-corrected chi connectivity index (χ4v) is 4.14. The van der Waals surface area contributed by atoms with E-state index in [1.807, 2.05) is 11.3 Å². The van der Waals surface area contributed by atoms with Gasteiger partial charge in [0.25, 0.3) is 0 Å². The van der Waals surface area contributed by atoms with Gasteiger partial charge in [-0.3, -0.25) is 4.90 Å². The molecule has 18 heavy (non-hydrogen) atoms. The molecule has 0 aliphatic heterocycles. The molecule has 102 valence electrons. The van der Waals surface area contributed by atoms with E-state index in [4.69, 9.17) is 5.73 Å². The van der Waals surface area contributed by atoms with Crippen LogP contribution in [0.2, 0.25) is 0 Å². The van der Waals surface area contributed by atoms with Crippen molar-refractivity contribution in [2.75, 3.05) is 20.1 Å². The average Bonchev–Trinajstić information content (AvgIpc) is 3.01. The maximum atomic E-state index is 6.00. The van der Waals surface area contributed by atoms with Crippen LogP contribution in [0.3, 0.4) is 0 Å². The van der Waals surface area contributed by atoms with E-state index in [0.717, 1.165) is 18.9 Å². The summed E-state index contributed by atoms with van der Waals surface area (Å²) >= 11 is 1.93. The van der Waals surface area contributed by atoms with Gasteiger partial charge >= 0.3 is 0 Å². The van der Waals surface area contributed by atoms with E-state index >= 15 is 0 Å². The second-order valence-electron chi connectivity index (χ2n) is 5.50. The van der Waals surface area contributed by atoms with E-state index in [-0.39, 0.29) is 0 Å². The Hall–Kier alpha value is -0.380. The minimum atomic E-state index is 0.413. The van der Waals surface area contributed by atoms with Crippen molar-refractivity contribution in [3.63, 3.8) is 0 Å². The molecule has 0 amide bonds. The second-order valence-corrected chi connectivity index (χ2v) is 6.70. The topological polar surface area (TPSA) is 29.3 Å². The summed E-state index contributed by atoms with van der Waals surface area (Å²) in [7, 11) is 2.24. The SMILES string of the molecule is CCc1ccc(C(CN)N(C)CC2CCCC2)s1. The van der Waals surface area contributed by atoms with Crippen LogP contribution in [-0.4, -0.2) is 25.0 Å². The van der Waals surface area contributed by atoms with E-state index in [9.17, 15) is 0 Å². The first-order chi connectivity index (χ1) is 8.74. The maximum absolute atomic E-state index is 6.00. The molecule has 2 nitrogen and oxygen atoms in total. The van der Waals surface area contributed by atoms with Gasteiger partial charge in [0.05, 0.1) is 6.04 Å². The minimum Gasteiger partial charge on any atom is -0.329 e. The van der Waals surface area contributed by atoms with Crippen molar-refractivity contribution in [1.82, 2.24) is 4.90 Å².